The van der Waals surface area contributed by atoms with Crippen molar-refractivity contribution in [2.24, 2.45) is 0 Å². The van der Waals surface area contributed by atoms with Crippen molar-refractivity contribution in [3.63, 3.8) is 0 Å². The minimum absolute atomic E-state index is 0.0371. The molecule has 0 heterocycles. The molecule has 0 aromatic heterocycles. The quantitative estimate of drug-likeness (QED) is 0.361. The molecule has 0 saturated heterocycles. The molecule has 0 aliphatic rings. The molecule has 0 aliphatic carbocycles. The van der Waals surface area contributed by atoms with Gasteiger partial charge < -0.3 is 9.84 Å². The van der Waals surface area contributed by atoms with E-state index in [1.807, 2.05) is 0 Å². The maximum atomic E-state index is 10.8. The zero-order chi connectivity index (χ0) is 9.56. The summed E-state index contributed by atoms with van der Waals surface area (Å²) in [6.07, 6.45) is 0. The summed E-state index contributed by atoms with van der Waals surface area (Å²) in [5.41, 5.74) is 0.390. The second-order valence-electron chi connectivity index (χ2n) is 2.64. The molecule has 0 aromatic carbocycles. The van der Waals surface area contributed by atoms with Gasteiger partial charge in [-0.3, -0.25) is 4.90 Å². The summed E-state index contributed by atoms with van der Waals surface area (Å²) in [4.78, 5) is 12.4. The highest BCUT2D eigenvalue weighted by Gasteiger charge is 2.02. The second-order valence-corrected chi connectivity index (χ2v) is 2.64. The molecule has 0 amide bonds. The Hall–Kier alpha value is -0.870. The van der Waals surface area contributed by atoms with Crippen LogP contribution in [-0.2, 0) is 9.53 Å². The molecule has 4 heteroatoms. The van der Waals surface area contributed by atoms with E-state index >= 15 is 0 Å². The van der Waals surface area contributed by atoms with Crippen LogP contribution in [-0.4, -0.2) is 42.9 Å². The number of nitrogens with zero attached hydrogens (tertiary/aromatic N) is 1. The Morgan fingerprint density at radius 1 is 1.67 bits per heavy atom. The van der Waals surface area contributed by atoms with Crippen molar-refractivity contribution < 1.29 is 14.6 Å². The molecule has 0 atom stereocenters. The van der Waals surface area contributed by atoms with Gasteiger partial charge in [0.25, 0.3) is 0 Å². The number of hydrogen-bond acceptors (Lipinski definition) is 4. The van der Waals surface area contributed by atoms with Gasteiger partial charge in [0.1, 0.15) is 6.61 Å². The van der Waals surface area contributed by atoms with E-state index in [4.69, 9.17) is 9.84 Å². The fourth-order valence-electron chi connectivity index (χ4n) is 0.488. The Bertz CT molecular complexity index is 168. The van der Waals surface area contributed by atoms with Gasteiger partial charge in [-0.15, -0.1) is 0 Å². The van der Waals surface area contributed by atoms with Crippen LogP contribution in [0.5, 0.6) is 0 Å². The lowest BCUT2D eigenvalue weighted by Gasteiger charge is -2.12. The normalized spacial score (nSPS) is 10.0. The molecule has 0 rings (SSSR count). The minimum atomic E-state index is -0.388. The molecule has 0 radical (unpaired) electrons. The predicted octanol–water partition coefficient (Wildman–Crippen LogP) is -0.0127. The lowest BCUT2D eigenvalue weighted by atomic mass is 10.4. The lowest BCUT2D eigenvalue weighted by molar-refractivity contribution is -0.139. The third kappa shape index (κ3) is 4.87. The Labute approximate surface area is 72.4 Å². The van der Waals surface area contributed by atoms with Crippen LogP contribution in [0.3, 0.4) is 0 Å². The Morgan fingerprint density at radius 3 is 2.67 bits per heavy atom. The smallest absolute Gasteiger partial charge is 0.333 e. The highest BCUT2D eigenvalue weighted by atomic mass is 16.5. The first-order valence-corrected chi connectivity index (χ1v) is 3.70. The number of carbonyl (C=O) groups excluding carboxylic acids is 1. The topological polar surface area (TPSA) is 49.8 Å². The third-order valence-electron chi connectivity index (χ3n) is 1.30. The fourth-order valence-corrected chi connectivity index (χ4v) is 0.488. The highest BCUT2D eigenvalue weighted by molar-refractivity contribution is 5.86. The van der Waals surface area contributed by atoms with E-state index in [-0.39, 0.29) is 19.3 Å². The van der Waals surface area contributed by atoms with E-state index in [1.54, 1.807) is 18.9 Å². The number of rotatable bonds is 5. The Kier molecular flexibility index (Phi) is 5.32. The van der Waals surface area contributed by atoms with Crippen molar-refractivity contribution in [1.29, 1.82) is 0 Å². The second kappa shape index (κ2) is 5.74. The third-order valence-corrected chi connectivity index (χ3v) is 1.30. The molecule has 0 aliphatic heterocycles. The molecule has 0 bridgehead atoms. The summed E-state index contributed by atoms with van der Waals surface area (Å²) in [7, 11) is 1.73. The van der Waals surface area contributed by atoms with Crippen molar-refractivity contribution in [1.82, 2.24) is 4.90 Å². The maximum absolute atomic E-state index is 10.8. The molecule has 4 nitrogen and oxygen atoms in total. The van der Waals surface area contributed by atoms with Crippen molar-refractivity contribution in [2.75, 3.05) is 26.9 Å². The highest BCUT2D eigenvalue weighted by Crippen LogP contribution is 1.91. The summed E-state index contributed by atoms with van der Waals surface area (Å²) < 4.78 is 4.78. The van der Waals surface area contributed by atoms with Gasteiger partial charge in [-0.1, -0.05) is 6.58 Å². The average Bonchev–Trinajstić information content (AvgIpc) is 2.03. The molecule has 70 valence electrons. The molecule has 12 heavy (non-hydrogen) atoms. The predicted molar refractivity (Wildman–Crippen MR) is 45.5 cm³/mol. The molecule has 0 fully saturated rings. The van der Waals surface area contributed by atoms with E-state index in [0.29, 0.717) is 12.1 Å². The van der Waals surface area contributed by atoms with Crippen LogP contribution < -0.4 is 0 Å². The number of likely N-dealkylation sites (N-methyl/N-ethyl adjacent to an activating group) is 1. The van der Waals surface area contributed by atoms with Crippen LogP contribution in [0.15, 0.2) is 12.2 Å². The fraction of sp³-hybridized carbons (Fsp3) is 0.625. The summed E-state index contributed by atoms with van der Waals surface area (Å²) in [5, 5.41) is 8.58. The molecular formula is C8H15NO3. The molecular weight excluding hydrogens is 158 g/mol. The zero-order valence-electron chi connectivity index (χ0n) is 7.54. The standard InChI is InChI=1S/C8H15NO3/c1-7(2)8(11)12-5-4-9(3)6-10/h10H,1,4-6H2,2-3H3. The average molecular weight is 173 g/mol. The first-order chi connectivity index (χ1) is 5.57. The minimum Gasteiger partial charge on any atom is -0.461 e. The van der Waals surface area contributed by atoms with E-state index in [1.165, 1.54) is 0 Å². The van der Waals surface area contributed by atoms with Crippen LogP contribution in [0.2, 0.25) is 0 Å². The maximum Gasteiger partial charge on any atom is 0.333 e. The summed E-state index contributed by atoms with van der Waals surface area (Å²) in [6.45, 7) is 5.80. The monoisotopic (exact) mass is 173 g/mol. The molecule has 0 aromatic rings. The molecule has 0 unspecified atom stereocenters. The van der Waals surface area contributed by atoms with Crippen molar-refractivity contribution in [3.8, 4) is 0 Å². The first kappa shape index (κ1) is 11.1. The van der Waals surface area contributed by atoms with E-state index in [0.717, 1.165) is 0 Å². The molecule has 0 saturated carbocycles. The number of esters is 1. The van der Waals surface area contributed by atoms with Gasteiger partial charge >= 0.3 is 5.97 Å². The first-order valence-electron chi connectivity index (χ1n) is 3.70. The Morgan fingerprint density at radius 2 is 2.25 bits per heavy atom. The SMILES string of the molecule is C=C(C)C(=O)OCCN(C)CO. The summed E-state index contributed by atoms with van der Waals surface area (Å²) >= 11 is 0. The van der Waals surface area contributed by atoms with Gasteiger partial charge in [-0.25, -0.2) is 4.79 Å². The number of carbonyl (C=O) groups is 1. The van der Waals surface area contributed by atoms with Crippen LogP contribution >= 0.6 is 0 Å². The van der Waals surface area contributed by atoms with E-state index in [2.05, 4.69) is 6.58 Å². The van der Waals surface area contributed by atoms with Gasteiger partial charge in [0.2, 0.25) is 0 Å². The number of aliphatic hydroxyl groups excluding tert-OH is 1. The van der Waals surface area contributed by atoms with Crippen LogP contribution in [0.1, 0.15) is 6.92 Å². The van der Waals surface area contributed by atoms with E-state index < -0.39 is 0 Å². The van der Waals surface area contributed by atoms with Crippen molar-refractivity contribution >= 4 is 5.97 Å². The van der Waals surface area contributed by atoms with Crippen molar-refractivity contribution in [3.05, 3.63) is 12.2 Å². The van der Waals surface area contributed by atoms with Crippen LogP contribution in [0.4, 0.5) is 0 Å². The van der Waals surface area contributed by atoms with Crippen molar-refractivity contribution in [2.45, 2.75) is 6.92 Å². The summed E-state index contributed by atoms with van der Waals surface area (Å²) in [6, 6.07) is 0. The van der Waals surface area contributed by atoms with Crippen LogP contribution in [0.25, 0.3) is 0 Å². The molecule has 0 spiro atoms. The van der Waals surface area contributed by atoms with Gasteiger partial charge in [0.05, 0.1) is 6.73 Å². The number of hydrogen-bond donors (Lipinski definition) is 1. The largest absolute Gasteiger partial charge is 0.461 e. The van der Waals surface area contributed by atoms with Gasteiger partial charge in [0.15, 0.2) is 0 Å². The van der Waals surface area contributed by atoms with Gasteiger partial charge in [0, 0.05) is 12.1 Å². The van der Waals surface area contributed by atoms with Gasteiger partial charge in [-0.05, 0) is 14.0 Å². The van der Waals surface area contributed by atoms with Crippen LogP contribution in [0, 0.1) is 0 Å². The molecule has 1 N–H and O–H groups in total. The van der Waals surface area contributed by atoms with Gasteiger partial charge in [-0.2, -0.15) is 0 Å². The Balaban J connectivity index is 3.44. The van der Waals surface area contributed by atoms with E-state index in [9.17, 15) is 4.79 Å². The number of ether oxygens (including phenoxy) is 1. The lowest BCUT2D eigenvalue weighted by Crippen LogP contribution is -2.25. The summed E-state index contributed by atoms with van der Waals surface area (Å²) in [5.74, 6) is -0.388. The zero-order valence-corrected chi connectivity index (χ0v) is 7.54. The number of aliphatic hydroxyl groups is 1.